The van der Waals surface area contributed by atoms with Gasteiger partial charge in [0.1, 0.15) is 0 Å². The molecule has 0 radical (unpaired) electrons. The number of nitrogens with zero attached hydrogens (tertiary/aromatic N) is 1. The van der Waals surface area contributed by atoms with Gasteiger partial charge in [-0.3, -0.25) is 4.90 Å². The second kappa shape index (κ2) is 4.38. The van der Waals surface area contributed by atoms with Crippen molar-refractivity contribution >= 4 is 11.6 Å². The average Bonchev–Trinajstić information content (AvgIpc) is 2.08. The Hall–Kier alpha value is -0.530. The third-order valence-electron chi connectivity index (χ3n) is 3.48. The predicted octanol–water partition coefficient (Wildman–Crippen LogP) is 3.82. The van der Waals surface area contributed by atoms with Gasteiger partial charge in [0.15, 0.2) is 0 Å². The Balaban J connectivity index is 1.86. The highest BCUT2D eigenvalue weighted by Gasteiger charge is 2.35. The fourth-order valence-corrected chi connectivity index (χ4v) is 2.35. The molecule has 1 aromatic carbocycles. The van der Waals surface area contributed by atoms with E-state index < -0.39 is 0 Å². The fourth-order valence-electron chi connectivity index (χ4n) is 2.14. The third kappa shape index (κ3) is 2.78. The molecule has 2 rings (SSSR count). The molecular formula is C14H20ClN. The number of hydrogen-bond donors (Lipinski definition) is 0. The molecule has 1 aliphatic heterocycles. The molecule has 0 aliphatic carbocycles. The molecule has 2 heteroatoms. The number of halogens is 1. The minimum Gasteiger partial charge on any atom is -0.298 e. The van der Waals surface area contributed by atoms with Crippen LogP contribution in [0.2, 0.25) is 5.02 Å². The van der Waals surface area contributed by atoms with Gasteiger partial charge < -0.3 is 0 Å². The topological polar surface area (TPSA) is 3.24 Å². The van der Waals surface area contributed by atoms with E-state index >= 15 is 0 Å². The summed E-state index contributed by atoms with van der Waals surface area (Å²) in [5.41, 5.74) is 1.77. The first-order valence-electron chi connectivity index (χ1n) is 5.92. The average molecular weight is 238 g/mol. The molecule has 1 aromatic rings. The van der Waals surface area contributed by atoms with Gasteiger partial charge in [-0.15, -0.1) is 0 Å². The van der Waals surface area contributed by atoms with E-state index in [0.717, 1.165) is 17.5 Å². The first-order valence-corrected chi connectivity index (χ1v) is 6.30. The van der Waals surface area contributed by atoms with E-state index in [2.05, 4.69) is 37.8 Å². The summed E-state index contributed by atoms with van der Waals surface area (Å²) < 4.78 is 0. The van der Waals surface area contributed by atoms with Gasteiger partial charge in [0, 0.05) is 24.7 Å². The standard InChI is InChI=1S/C14H20ClN/c1-14(2,3)12-9-16(10-12)8-11-5-4-6-13(15)7-11/h4-7,12H,8-10H2,1-3H3. The van der Waals surface area contributed by atoms with Crippen LogP contribution >= 0.6 is 11.6 Å². The molecule has 1 saturated heterocycles. The van der Waals surface area contributed by atoms with Crippen molar-refractivity contribution in [3.63, 3.8) is 0 Å². The maximum Gasteiger partial charge on any atom is 0.0409 e. The lowest BCUT2D eigenvalue weighted by molar-refractivity contribution is 0.0189. The van der Waals surface area contributed by atoms with E-state index in [4.69, 9.17) is 11.6 Å². The Labute approximate surface area is 103 Å². The molecule has 0 spiro atoms. The monoisotopic (exact) mass is 237 g/mol. The molecule has 0 saturated carbocycles. The zero-order valence-corrected chi connectivity index (χ0v) is 11.1. The van der Waals surface area contributed by atoms with Crippen molar-refractivity contribution < 1.29 is 0 Å². The second-order valence-electron chi connectivity index (χ2n) is 5.89. The number of rotatable bonds is 2. The molecule has 16 heavy (non-hydrogen) atoms. The summed E-state index contributed by atoms with van der Waals surface area (Å²) in [5.74, 6) is 0.840. The summed E-state index contributed by atoms with van der Waals surface area (Å²) in [6, 6.07) is 8.17. The van der Waals surface area contributed by atoms with Gasteiger partial charge in [-0.1, -0.05) is 44.5 Å². The molecule has 1 heterocycles. The van der Waals surface area contributed by atoms with E-state index in [0.29, 0.717) is 5.41 Å². The molecule has 0 bridgehead atoms. The second-order valence-corrected chi connectivity index (χ2v) is 6.32. The number of benzene rings is 1. The molecule has 1 nitrogen and oxygen atoms in total. The SMILES string of the molecule is CC(C)(C)C1CN(Cc2cccc(Cl)c2)C1. The number of hydrogen-bond acceptors (Lipinski definition) is 1. The smallest absolute Gasteiger partial charge is 0.0409 e. The van der Waals surface area contributed by atoms with Crippen molar-refractivity contribution in [2.45, 2.75) is 27.3 Å². The van der Waals surface area contributed by atoms with Crippen molar-refractivity contribution in [3.05, 3.63) is 34.9 Å². The largest absolute Gasteiger partial charge is 0.298 e. The maximum absolute atomic E-state index is 5.97. The minimum absolute atomic E-state index is 0.449. The van der Waals surface area contributed by atoms with Gasteiger partial charge in [0.2, 0.25) is 0 Å². The van der Waals surface area contributed by atoms with Crippen molar-refractivity contribution in [3.8, 4) is 0 Å². The Kier molecular flexibility index (Phi) is 3.27. The minimum atomic E-state index is 0.449. The van der Waals surface area contributed by atoms with E-state index in [-0.39, 0.29) is 0 Å². The molecule has 1 fully saturated rings. The van der Waals surface area contributed by atoms with Crippen LogP contribution in [-0.2, 0) is 6.54 Å². The molecule has 0 aromatic heterocycles. The van der Waals surface area contributed by atoms with Crippen molar-refractivity contribution in [1.82, 2.24) is 4.90 Å². The Morgan fingerprint density at radius 3 is 2.56 bits per heavy atom. The molecule has 0 N–H and O–H groups in total. The van der Waals surface area contributed by atoms with Crippen molar-refractivity contribution in [2.24, 2.45) is 11.3 Å². The first-order chi connectivity index (χ1) is 7.45. The van der Waals surface area contributed by atoms with E-state index in [9.17, 15) is 0 Å². The fraction of sp³-hybridized carbons (Fsp3) is 0.571. The van der Waals surface area contributed by atoms with Crippen LogP contribution in [0.3, 0.4) is 0 Å². The summed E-state index contributed by atoms with van der Waals surface area (Å²) in [5, 5.41) is 0.838. The van der Waals surface area contributed by atoms with Crippen LogP contribution in [0.25, 0.3) is 0 Å². The zero-order valence-electron chi connectivity index (χ0n) is 10.3. The van der Waals surface area contributed by atoms with Gasteiger partial charge in [0.05, 0.1) is 0 Å². The van der Waals surface area contributed by atoms with Crippen molar-refractivity contribution in [2.75, 3.05) is 13.1 Å². The Bertz CT molecular complexity index is 361. The number of likely N-dealkylation sites (tertiary alicyclic amines) is 1. The van der Waals surface area contributed by atoms with E-state index in [1.165, 1.54) is 18.7 Å². The normalized spacial score (nSPS) is 18.5. The van der Waals surface area contributed by atoms with Crippen LogP contribution in [0.15, 0.2) is 24.3 Å². The molecule has 88 valence electrons. The molecule has 0 unspecified atom stereocenters. The Morgan fingerprint density at radius 1 is 1.31 bits per heavy atom. The maximum atomic E-state index is 5.97. The lowest BCUT2D eigenvalue weighted by Crippen LogP contribution is -2.51. The highest BCUT2D eigenvalue weighted by atomic mass is 35.5. The summed E-state index contributed by atoms with van der Waals surface area (Å²) in [4.78, 5) is 2.49. The molecule has 0 amide bonds. The van der Waals surface area contributed by atoms with Crippen molar-refractivity contribution in [1.29, 1.82) is 0 Å². The van der Waals surface area contributed by atoms with Gasteiger partial charge in [-0.25, -0.2) is 0 Å². The highest BCUT2D eigenvalue weighted by Crippen LogP contribution is 2.34. The summed E-state index contributed by atoms with van der Waals surface area (Å²) in [6.45, 7) is 10.5. The predicted molar refractivity (Wildman–Crippen MR) is 69.7 cm³/mol. The van der Waals surface area contributed by atoms with Crippen LogP contribution in [0.1, 0.15) is 26.3 Å². The molecule has 1 aliphatic rings. The van der Waals surface area contributed by atoms with Crippen LogP contribution in [0.5, 0.6) is 0 Å². The van der Waals surface area contributed by atoms with E-state index in [1.807, 2.05) is 12.1 Å². The van der Waals surface area contributed by atoms with Gasteiger partial charge in [-0.2, -0.15) is 0 Å². The summed E-state index contributed by atoms with van der Waals surface area (Å²) in [7, 11) is 0. The van der Waals surface area contributed by atoms with Crippen LogP contribution in [-0.4, -0.2) is 18.0 Å². The Morgan fingerprint density at radius 2 is 2.00 bits per heavy atom. The molecular weight excluding hydrogens is 218 g/mol. The van der Waals surface area contributed by atoms with Crippen LogP contribution in [0.4, 0.5) is 0 Å². The first kappa shape index (κ1) is 11.9. The quantitative estimate of drug-likeness (QED) is 0.756. The van der Waals surface area contributed by atoms with Crippen LogP contribution in [0, 0.1) is 11.3 Å². The third-order valence-corrected chi connectivity index (χ3v) is 3.71. The molecule has 0 atom stereocenters. The summed E-state index contributed by atoms with van der Waals surface area (Å²) >= 11 is 5.97. The van der Waals surface area contributed by atoms with E-state index in [1.54, 1.807) is 0 Å². The zero-order chi connectivity index (χ0) is 11.8. The highest BCUT2D eigenvalue weighted by molar-refractivity contribution is 6.30. The lowest BCUT2D eigenvalue weighted by Gasteiger charge is -2.46. The summed E-state index contributed by atoms with van der Waals surface area (Å²) in [6.07, 6.45) is 0. The van der Waals surface area contributed by atoms with Gasteiger partial charge in [0.25, 0.3) is 0 Å². The lowest BCUT2D eigenvalue weighted by atomic mass is 9.76. The van der Waals surface area contributed by atoms with Gasteiger partial charge >= 0.3 is 0 Å². The van der Waals surface area contributed by atoms with Crippen LogP contribution < -0.4 is 0 Å². The van der Waals surface area contributed by atoms with Gasteiger partial charge in [-0.05, 0) is 29.0 Å².